The van der Waals surface area contributed by atoms with Gasteiger partial charge in [-0.15, -0.1) is 0 Å². The number of amides is 1. The molecule has 1 heterocycles. The van der Waals surface area contributed by atoms with Gasteiger partial charge in [-0.05, 0) is 61.6 Å². The van der Waals surface area contributed by atoms with E-state index in [9.17, 15) is 13.2 Å². The van der Waals surface area contributed by atoms with Crippen LogP contribution in [0, 0.1) is 0 Å². The number of halogens is 1. The van der Waals surface area contributed by atoms with Gasteiger partial charge in [0.2, 0.25) is 10.0 Å². The van der Waals surface area contributed by atoms with Crippen LogP contribution >= 0.6 is 11.6 Å². The molecule has 0 atom stereocenters. The molecule has 2 aromatic rings. The van der Waals surface area contributed by atoms with Gasteiger partial charge < -0.3 is 10.1 Å². The fraction of sp³-hybridized carbons (Fsp3) is 0.381. The largest absolute Gasteiger partial charge is 0.497 e. The van der Waals surface area contributed by atoms with Gasteiger partial charge >= 0.3 is 0 Å². The number of nitrogens with zero attached hydrogens (tertiary/aromatic N) is 1. The molecule has 29 heavy (non-hydrogen) atoms. The molecule has 156 valence electrons. The van der Waals surface area contributed by atoms with Crippen LogP contribution in [0.5, 0.6) is 5.75 Å². The fourth-order valence-corrected chi connectivity index (χ4v) is 5.32. The predicted molar refractivity (Wildman–Crippen MR) is 113 cm³/mol. The number of carbonyl (C=O) groups excluding carboxylic acids is 1. The van der Waals surface area contributed by atoms with Gasteiger partial charge in [0.25, 0.3) is 5.91 Å². The van der Waals surface area contributed by atoms with Crippen molar-refractivity contribution in [3.63, 3.8) is 0 Å². The molecule has 0 bridgehead atoms. The Labute approximate surface area is 176 Å². The van der Waals surface area contributed by atoms with E-state index in [1.54, 1.807) is 13.2 Å². The predicted octanol–water partition coefficient (Wildman–Crippen LogP) is 3.50. The molecule has 3 rings (SSSR count). The maximum absolute atomic E-state index is 12.8. The molecular formula is C21H25ClN2O4S. The molecule has 1 saturated heterocycles. The van der Waals surface area contributed by atoms with E-state index in [1.165, 1.54) is 16.4 Å². The van der Waals surface area contributed by atoms with E-state index in [2.05, 4.69) is 5.32 Å². The molecule has 1 aliphatic heterocycles. The van der Waals surface area contributed by atoms with E-state index in [0.717, 1.165) is 37.0 Å². The second-order valence-electron chi connectivity index (χ2n) is 6.96. The Hall–Kier alpha value is -2.09. The number of hydrogen-bond acceptors (Lipinski definition) is 4. The van der Waals surface area contributed by atoms with Gasteiger partial charge in [-0.1, -0.05) is 23.7 Å². The van der Waals surface area contributed by atoms with Gasteiger partial charge in [-0.3, -0.25) is 4.79 Å². The molecular weight excluding hydrogens is 412 g/mol. The van der Waals surface area contributed by atoms with Crippen molar-refractivity contribution in [2.24, 2.45) is 0 Å². The Balaban J connectivity index is 1.59. The SMILES string of the molecule is COc1ccc(CCCNC(=O)c2ccc(Cl)c(S(=O)(=O)N3CCCC3)c2)cc1. The summed E-state index contributed by atoms with van der Waals surface area (Å²) in [5, 5.41) is 2.98. The van der Waals surface area contributed by atoms with Gasteiger partial charge in [-0.25, -0.2) is 8.42 Å². The molecule has 8 heteroatoms. The first kappa shape index (κ1) is 21.6. The highest BCUT2D eigenvalue weighted by molar-refractivity contribution is 7.89. The number of sulfonamides is 1. The third-order valence-corrected chi connectivity index (χ3v) is 7.34. The summed E-state index contributed by atoms with van der Waals surface area (Å²) in [4.78, 5) is 12.5. The van der Waals surface area contributed by atoms with Crippen LogP contribution in [0.1, 0.15) is 35.2 Å². The third-order valence-electron chi connectivity index (χ3n) is 4.96. The second kappa shape index (κ2) is 9.61. The van der Waals surface area contributed by atoms with E-state index in [-0.39, 0.29) is 21.4 Å². The Morgan fingerprint density at radius 2 is 1.83 bits per heavy atom. The molecule has 6 nitrogen and oxygen atoms in total. The average molecular weight is 437 g/mol. The van der Waals surface area contributed by atoms with Crippen molar-refractivity contribution in [3.8, 4) is 5.75 Å². The number of methoxy groups -OCH3 is 1. The highest BCUT2D eigenvalue weighted by Gasteiger charge is 2.29. The monoisotopic (exact) mass is 436 g/mol. The van der Waals surface area contributed by atoms with Gasteiger partial charge in [0.15, 0.2) is 0 Å². The van der Waals surface area contributed by atoms with Crippen LogP contribution in [0.15, 0.2) is 47.4 Å². The molecule has 1 fully saturated rings. The maximum Gasteiger partial charge on any atom is 0.251 e. The first-order valence-corrected chi connectivity index (χ1v) is 11.4. The van der Waals surface area contributed by atoms with Crippen molar-refractivity contribution < 1.29 is 17.9 Å². The molecule has 1 aliphatic rings. The number of carbonyl (C=O) groups is 1. The molecule has 0 radical (unpaired) electrons. The lowest BCUT2D eigenvalue weighted by Crippen LogP contribution is -2.29. The summed E-state index contributed by atoms with van der Waals surface area (Å²) in [7, 11) is -2.05. The molecule has 0 spiro atoms. The smallest absolute Gasteiger partial charge is 0.251 e. The molecule has 0 aliphatic carbocycles. The molecule has 0 unspecified atom stereocenters. The third kappa shape index (κ3) is 5.29. The summed E-state index contributed by atoms with van der Waals surface area (Å²) in [6, 6.07) is 12.2. The number of aryl methyl sites for hydroxylation is 1. The number of nitrogens with one attached hydrogen (secondary N) is 1. The van der Waals surface area contributed by atoms with Crippen molar-refractivity contribution in [2.75, 3.05) is 26.7 Å². The van der Waals surface area contributed by atoms with Gasteiger partial charge in [-0.2, -0.15) is 4.31 Å². The Bertz CT molecular complexity index is 955. The first-order valence-electron chi connectivity index (χ1n) is 9.62. The van der Waals surface area contributed by atoms with Crippen LogP contribution in [-0.2, 0) is 16.4 Å². The number of hydrogen-bond donors (Lipinski definition) is 1. The zero-order chi connectivity index (χ0) is 20.9. The minimum atomic E-state index is -3.68. The molecule has 2 aromatic carbocycles. The van der Waals surface area contributed by atoms with Crippen LogP contribution in [0.4, 0.5) is 0 Å². The summed E-state index contributed by atoms with van der Waals surface area (Å²) in [6.07, 6.45) is 3.26. The van der Waals surface area contributed by atoms with Crippen molar-refractivity contribution in [1.29, 1.82) is 0 Å². The van der Waals surface area contributed by atoms with Crippen molar-refractivity contribution >= 4 is 27.5 Å². The van der Waals surface area contributed by atoms with E-state index in [1.807, 2.05) is 24.3 Å². The molecule has 1 amide bonds. The maximum atomic E-state index is 12.8. The van der Waals surface area contributed by atoms with Crippen molar-refractivity contribution in [3.05, 3.63) is 58.6 Å². The Morgan fingerprint density at radius 1 is 1.14 bits per heavy atom. The number of benzene rings is 2. The summed E-state index contributed by atoms with van der Waals surface area (Å²) in [5.41, 5.74) is 1.45. The topological polar surface area (TPSA) is 75.7 Å². The molecule has 0 saturated carbocycles. The number of rotatable bonds is 8. The minimum Gasteiger partial charge on any atom is -0.497 e. The minimum absolute atomic E-state index is 0.00745. The average Bonchev–Trinajstić information content (AvgIpc) is 3.27. The summed E-state index contributed by atoms with van der Waals surface area (Å²) in [5.74, 6) is 0.499. The normalized spacial score (nSPS) is 14.7. The van der Waals surface area contributed by atoms with Gasteiger partial charge in [0, 0.05) is 25.2 Å². The van der Waals surface area contributed by atoms with Crippen molar-refractivity contribution in [2.45, 2.75) is 30.6 Å². The van der Waals surface area contributed by atoms with Gasteiger partial charge in [0.1, 0.15) is 10.6 Å². The summed E-state index contributed by atoms with van der Waals surface area (Å²) >= 11 is 6.13. The Morgan fingerprint density at radius 3 is 2.48 bits per heavy atom. The van der Waals surface area contributed by atoms with E-state index in [4.69, 9.17) is 16.3 Å². The summed E-state index contributed by atoms with van der Waals surface area (Å²) in [6.45, 7) is 1.46. The quantitative estimate of drug-likeness (QED) is 0.642. The van der Waals surface area contributed by atoms with Crippen LogP contribution < -0.4 is 10.1 Å². The highest BCUT2D eigenvalue weighted by Crippen LogP contribution is 2.28. The first-order chi connectivity index (χ1) is 13.9. The lowest BCUT2D eigenvalue weighted by Gasteiger charge is -2.17. The zero-order valence-corrected chi connectivity index (χ0v) is 17.9. The van der Waals surface area contributed by atoms with Crippen LogP contribution in [0.25, 0.3) is 0 Å². The lowest BCUT2D eigenvalue weighted by atomic mass is 10.1. The lowest BCUT2D eigenvalue weighted by molar-refractivity contribution is 0.0953. The van der Waals surface area contributed by atoms with Crippen LogP contribution in [0.3, 0.4) is 0 Å². The fourth-order valence-electron chi connectivity index (χ4n) is 3.30. The van der Waals surface area contributed by atoms with Crippen molar-refractivity contribution in [1.82, 2.24) is 9.62 Å². The zero-order valence-electron chi connectivity index (χ0n) is 16.4. The second-order valence-corrected chi connectivity index (χ2v) is 9.28. The standard InChI is InChI=1S/C21H25ClN2O4S/c1-28-18-9-6-16(7-10-18)5-4-12-23-21(25)17-8-11-19(22)20(15-17)29(26,27)24-13-2-3-14-24/h6-11,15H,2-5,12-14H2,1H3,(H,23,25). The van der Waals surface area contributed by atoms with Gasteiger partial charge in [0.05, 0.1) is 12.1 Å². The Kier molecular flexibility index (Phi) is 7.16. The highest BCUT2D eigenvalue weighted by atomic mass is 35.5. The number of ether oxygens (including phenoxy) is 1. The van der Waals surface area contributed by atoms with E-state index >= 15 is 0 Å². The molecule has 0 aromatic heterocycles. The van der Waals surface area contributed by atoms with E-state index in [0.29, 0.717) is 19.6 Å². The van der Waals surface area contributed by atoms with Crippen LogP contribution in [0.2, 0.25) is 5.02 Å². The van der Waals surface area contributed by atoms with E-state index < -0.39 is 10.0 Å². The molecule has 1 N–H and O–H groups in total. The van der Waals surface area contributed by atoms with Crippen LogP contribution in [-0.4, -0.2) is 45.4 Å². The summed E-state index contributed by atoms with van der Waals surface area (Å²) < 4.78 is 32.1.